The van der Waals surface area contributed by atoms with Crippen molar-refractivity contribution in [1.82, 2.24) is 14.7 Å². The maximum absolute atomic E-state index is 12.5. The number of anilines is 2. The number of aromatic nitrogens is 2. The van der Waals surface area contributed by atoms with Crippen molar-refractivity contribution in [2.24, 2.45) is 0 Å². The van der Waals surface area contributed by atoms with E-state index < -0.39 is 10.0 Å². The Kier molecular flexibility index (Phi) is 6.67. The molecule has 8 nitrogen and oxygen atoms in total. The fourth-order valence-electron chi connectivity index (χ4n) is 3.37. The quantitative estimate of drug-likeness (QED) is 0.740. The van der Waals surface area contributed by atoms with E-state index in [1.165, 1.54) is 6.20 Å². The van der Waals surface area contributed by atoms with Gasteiger partial charge in [0.1, 0.15) is 16.5 Å². The molecule has 1 saturated heterocycles. The van der Waals surface area contributed by atoms with Gasteiger partial charge in [0.15, 0.2) is 0 Å². The van der Waals surface area contributed by atoms with Crippen LogP contribution in [-0.2, 0) is 10.0 Å². The largest absolute Gasteiger partial charge is 0.353 e. The smallest absolute Gasteiger partial charge is 0.242 e. The maximum atomic E-state index is 12.5. The predicted octanol–water partition coefficient (Wildman–Crippen LogP) is 2.14. The highest BCUT2D eigenvalue weighted by Gasteiger charge is 2.21. The Balaban J connectivity index is 1.62. The number of nitriles is 1. The molecule has 1 fully saturated rings. The van der Waals surface area contributed by atoms with E-state index in [1.807, 2.05) is 13.8 Å². The lowest BCUT2D eigenvalue weighted by Gasteiger charge is -2.36. The SMILES string of the molecule is CCCC(C)NS(=O)(=O)c1ccc(N2CCN(c3cc(C#N)ccn3)CC2)nc1. The average molecular weight is 415 g/mol. The molecule has 0 spiro atoms. The first-order chi connectivity index (χ1) is 13.9. The van der Waals surface area contributed by atoms with E-state index >= 15 is 0 Å². The summed E-state index contributed by atoms with van der Waals surface area (Å²) in [6.07, 6.45) is 4.78. The highest BCUT2D eigenvalue weighted by molar-refractivity contribution is 7.89. The van der Waals surface area contributed by atoms with Crippen LogP contribution in [0.25, 0.3) is 0 Å². The minimum absolute atomic E-state index is 0.106. The number of hydrogen-bond donors (Lipinski definition) is 1. The van der Waals surface area contributed by atoms with Crippen LogP contribution in [0.5, 0.6) is 0 Å². The molecule has 0 aromatic carbocycles. The summed E-state index contributed by atoms with van der Waals surface area (Å²) in [6, 6.07) is 8.87. The van der Waals surface area contributed by atoms with Gasteiger partial charge in [-0.3, -0.25) is 0 Å². The van der Waals surface area contributed by atoms with Crippen LogP contribution < -0.4 is 14.5 Å². The van der Waals surface area contributed by atoms with E-state index in [9.17, 15) is 8.42 Å². The molecule has 29 heavy (non-hydrogen) atoms. The third kappa shape index (κ3) is 5.22. The number of nitrogens with zero attached hydrogens (tertiary/aromatic N) is 5. The zero-order chi connectivity index (χ0) is 20.9. The summed E-state index contributed by atoms with van der Waals surface area (Å²) >= 11 is 0. The molecular weight excluding hydrogens is 388 g/mol. The first-order valence-corrected chi connectivity index (χ1v) is 11.3. The summed E-state index contributed by atoms with van der Waals surface area (Å²) in [7, 11) is -3.55. The van der Waals surface area contributed by atoms with Gasteiger partial charge in [-0.2, -0.15) is 5.26 Å². The topological polar surface area (TPSA) is 102 Å². The molecule has 0 amide bonds. The average Bonchev–Trinajstić information content (AvgIpc) is 2.74. The number of nitrogens with one attached hydrogen (secondary N) is 1. The molecule has 0 saturated carbocycles. The van der Waals surface area contributed by atoms with Crippen molar-refractivity contribution in [1.29, 1.82) is 5.26 Å². The van der Waals surface area contributed by atoms with Gasteiger partial charge in [0.25, 0.3) is 0 Å². The molecule has 0 aliphatic carbocycles. The molecule has 1 N–H and O–H groups in total. The zero-order valence-electron chi connectivity index (χ0n) is 16.7. The Labute approximate surface area is 172 Å². The summed E-state index contributed by atoms with van der Waals surface area (Å²) in [5, 5.41) is 9.05. The van der Waals surface area contributed by atoms with E-state index in [-0.39, 0.29) is 10.9 Å². The first-order valence-electron chi connectivity index (χ1n) is 9.77. The summed E-state index contributed by atoms with van der Waals surface area (Å²) in [5.41, 5.74) is 0.595. The van der Waals surface area contributed by atoms with Gasteiger partial charge in [0, 0.05) is 44.6 Å². The van der Waals surface area contributed by atoms with Crippen LogP contribution in [0.2, 0.25) is 0 Å². The molecule has 1 unspecified atom stereocenters. The van der Waals surface area contributed by atoms with E-state index in [0.29, 0.717) is 5.56 Å². The van der Waals surface area contributed by atoms with Crippen molar-refractivity contribution in [2.45, 2.75) is 37.6 Å². The van der Waals surface area contributed by atoms with Crippen molar-refractivity contribution >= 4 is 21.7 Å². The Bertz CT molecular complexity index is 963. The zero-order valence-corrected chi connectivity index (χ0v) is 17.6. The molecule has 9 heteroatoms. The highest BCUT2D eigenvalue weighted by Crippen LogP contribution is 2.20. The van der Waals surface area contributed by atoms with Crippen LogP contribution in [0.15, 0.2) is 41.6 Å². The van der Waals surface area contributed by atoms with Crippen molar-refractivity contribution in [3.05, 3.63) is 42.2 Å². The second-order valence-corrected chi connectivity index (χ2v) is 8.87. The van der Waals surface area contributed by atoms with Gasteiger partial charge in [0.2, 0.25) is 10.0 Å². The van der Waals surface area contributed by atoms with Gasteiger partial charge < -0.3 is 9.80 Å². The van der Waals surface area contributed by atoms with Crippen LogP contribution in [0.4, 0.5) is 11.6 Å². The number of rotatable bonds is 7. The van der Waals surface area contributed by atoms with E-state index in [0.717, 1.165) is 50.7 Å². The maximum Gasteiger partial charge on any atom is 0.242 e. The van der Waals surface area contributed by atoms with Crippen LogP contribution in [0.3, 0.4) is 0 Å². The second-order valence-electron chi connectivity index (χ2n) is 7.15. The molecule has 1 aliphatic heterocycles. The Morgan fingerprint density at radius 2 is 1.83 bits per heavy atom. The lowest BCUT2D eigenvalue weighted by molar-refractivity contribution is 0.543. The summed E-state index contributed by atoms with van der Waals surface area (Å²) < 4.78 is 27.6. The van der Waals surface area contributed by atoms with E-state index in [1.54, 1.807) is 30.5 Å². The van der Waals surface area contributed by atoms with E-state index in [2.05, 4.69) is 30.6 Å². The fraction of sp³-hybridized carbons (Fsp3) is 0.450. The van der Waals surface area contributed by atoms with Crippen molar-refractivity contribution < 1.29 is 8.42 Å². The van der Waals surface area contributed by atoms with E-state index in [4.69, 9.17) is 5.26 Å². The Morgan fingerprint density at radius 1 is 1.14 bits per heavy atom. The number of sulfonamides is 1. The standard InChI is InChI=1S/C20H26N6O2S/c1-3-4-16(2)24-29(27,28)18-5-6-19(23-15-18)25-9-11-26(12-10-25)20-13-17(14-21)7-8-22-20/h5-8,13,15-16,24H,3-4,9-12H2,1-2H3. The van der Waals surface area contributed by atoms with Gasteiger partial charge >= 0.3 is 0 Å². The highest BCUT2D eigenvalue weighted by atomic mass is 32.2. The lowest BCUT2D eigenvalue weighted by atomic mass is 10.2. The minimum Gasteiger partial charge on any atom is -0.353 e. The van der Waals surface area contributed by atoms with Gasteiger partial charge in [-0.1, -0.05) is 13.3 Å². The Hall–Kier alpha value is -2.70. The van der Waals surface area contributed by atoms with Crippen LogP contribution >= 0.6 is 0 Å². The van der Waals surface area contributed by atoms with Crippen molar-refractivity contribution in [3.8, 4) is 6.07 Å². The van der Waals surface area contributed by atoms with Crippen molar-refractivity contribution in [2.75, 3.05) is 36.0 Å². The number of hydrogen-bond acceptors (Lipinski definition) is 7. The predicted molar refractivity (Wildman–Crippen MR) is 112 cm³/mol. The molecule has 0 bridgehead atoms. The van der Waals surface area contributed by atoms with Gasteiger partial charge in [-0.05, 0) is 37.6 Å². The monoisotopic (exact) mass is 414 g/mol. The number of pyridine rings is 2. The fourth-order valence-corrected chi connectivity index (χ4v) is 4.59. The molecule has 0 radical (unpaired) electrons. The molecule has 1 atom stereocenters. The number of piperazine rings is 1. The van der Waals surface area contributed by atoms with Crippen LogP contribution in [-0.4, -0.2) is 50.6 Å². The summed E-state index contributed by atoms with van der Waals surface area (Å²) in [4.78, 5) is 13.2. The third-order valence-electron chi connectivity index (χ3n) is 4.91. The molecule has 3 heterocycles. The van der Waals surface area contributed by atoms with Crippen LogP contribution in [0, 0.1) is 11.3 Å². The molecular formula is C20H26N6O2S. The normalized spacial score (nSPS) is 15.8. The first kappa shape index (κ1) is 21.0. The third-order valence-corrected chi connectivity index (χ3v) is 6.49. The lowest BCUT2D eigenvalue weighted by Crippen LogP contribution is -2.47. The van der Waals surface area contributed by atoms with Gasteiger partial charge in [0.05, 0.1) is 11.6 Å². The summed E-state index contributed by atoms with van der Waals surface area (Å²) in [5.74, 6) is 1.55. The second kappa shape index (κ2) is 9.20. The molecule has 2 aromatic rings. The minimum atomic E-state index is -3.55. The van der Waals surface area contributed by atoms with Gasteiger partial charge in [-0.25, -0.2) is 23.1 Å². The summed E-state index contributed by atoms with van der Waals surface area (Å²) in [6.45, 7) is 6.87. The van der Waals surface area contributed by atoms with Gasteiger partial charge in [-0.15, -0.1) is 0 Å². The Morgan fingerprint density at radius 3 is 2.41 bits per heavy atom. The van der Waals surface area contributed by atoms with Crippen molar-refractivity contribution in [3.63, 3.8) is 0 Å². The molecule has 2 aromatic heterocycles. The molecule has 1 aliphatic rings. The molecule has 154 valence electrons. The molecule has 3 rings (SSSR count). The van der Waals surface area contributed by atoms with Crippen LogP contribution in [0.1, 0.15) is 32.3 Å².